The molecule has 1 atom stereocenters. The summed E-state index contributed by atoms with van der Waals surface area (Å²) in [6.45, 7) is 4.96. The second-order valence-electron chi connectivity index (χ2n) is 5.41. The first-order valence-electron chi connectivity index (χ1n) is 6.81. The smallest absolute Gasteiger partial charge is 0.298 e. The van der Waals surface area contributed by atoms with Crippen molar-refractivity contribution in [2.24, 2.45) is 0 Å². The third-order valence-electron chi connectivity index (χ3n) is 3.65. The van der Waals surface area contributed by atoms with Gasteiger partial charge < -0.3 is 19.5 Å². The molecule has 1 aromatic heterocycles. The Morgan fingerprint density at radius 1 is 1.45 bits per heavy atom. The maximum Gasteiger partial charge on any atom is 0.298 e. The number of nitrogens with zero attached hydrogens (tertiary/aromatic N) is 3. The largest absolute Gasteiger partial charge is 0.421 e. The monoisotopic (exact) mass is 294 g/mol. The van der Waals surface area contributed by atoms with Gasteiger partial charge >= 0.3 is 0 Å². The summed E-state index contributed by atoms with van der Waals surface area (Å²) in [6, 6.07) is 4.80. The van der Waals surface area contributed by atoms with E-state index in [1.54, 1.807) is 0 Å². The Morgan fingerprint density at radius 3 is 2.95 bits per heavy atom. The van der Waals surface area contributed by atoms with Gasteiger partial charge in [-0.2, -0.15) is 4.98 Å². The zero-order chi connectivity index (χ0) is 14.3. The first kappa shape index (κ1) is 13.5. The predicted octanol–water partition coefficient (Wildman–Crippen LogP) is 2.35. The summed E-state index contributed by atoms with van der Waals surface area (Å²) < 4.78 is 6.01. The zero-order valence-corrected chi connectivity index (χ0v) is 12.7. The van der Waals surface area contributed by atoms with E-state index < -0.39 is 0 Å². The summed E-state index contributed by atoms with van der Waals surface area (Å²) in [4.78, 5) is 8.80. The molecule has 0 bridgehead atoms. The first-order valence-corrected chi connectivity index (χ1v) is 7.19. The van der Waals surface area contributed by atoms with Crippen LogP contribution in [0.5, 0.6) is 0 Å². The number of aromatic nitrogens is 1. The maximum absolute atomic E-state index is 6.16. The highest BCUT2D eigenvalue weighted by Crippen LogP contribution is 2.33. The SMILES string of the molecule is CC1CNCCN1c1nc2cc(Cl)cc(N(C)C)c2o1. The summed E-state index contributed by atoms with van der Waals surface area (Å²) in [5, 5.41) is 4.04. The van der Waals surface area contributed by atoms with Crippen LogP contribution in [0.15, 0.2) is 16.5 Å². The molecule has 108 valence electrons. The summed E-state index contributed by atoms with van der Waals surface area (Å²) >= 11 is 6.16. The fourth-order valence-electron chi connectivity index (χ4n) is 2.55. The molecule has 3 rings (SSSR count). The molecule has 1 aliphatic rings. The van der Waals surface area contributed by atoms with Crippen LogP contribution in [-0.2, 0) is 0 Å². The summed E-state index contributed by atoms with van der Waals surface area (Å²) in [5.74, 6) is 0. The Balaban J connectivity index is 2.08. The number of oxazole rings is 1. The van der Waals surface area contributed by atoms with Crippen molar-refractivity contribution in [3.63, 3.8) is 0 Å². The van der Waals surface area contributed by atoms with Gasteiger partial charge in [-0.25, -0.2) is 0 Å². The molecule has 0 spiro atoms. The summed E-state index contributed by atoms with van der Waals surface area (Å²) in [5.41, 5.74) is 2.55. The predicted molar refractivity (Wildman–Crippen MR) is 83.0 cm³/mol. The molecule has 0 aliphatic carbocycles. The molecule has 0 saturated carbocycles. The molecule has 5 nitrogen and oxygen atoms in total. The molecule has 2 aromatic rings. The van der Waals surface area contributed by atoms with E-state index >= 15 is 0 Å². The molecule has 1 N–H and O–H groups in total. The van der Waals surface area contributed by atoms with Crippen molar-refractivity contribution in [1.82, 2.24) is 10.3 Å². The average Bonchev–Trinajstić information content (AvgIpc) is 2.81. The second-order valence-corrected chi connectivity index (χ2v) is 5.85. The van der Waals surface area contributed by atoms with Gasteiger partial charge in [0.05, 0.1) is 5.69 Å². The van der Waals surface area contributed by atoms with Gasteiger partial charge in [-0.15, -0.1) is 0 Å². The quantitative estimate of drug-likeness (QED) is 0.921. The normalized spacial score (nSPS) is 19.6. The Kier molecular flexibility index (Phi) is 3.48. The highest BCUT2D eigenvalue weighted by Gasteiger charge is 2.24. The van der Waals surface area contributed by atoms with Crippen LogP contribution >= 0.6 is 11.6 Å². The van der Waals surface area contributed by atoms with Crippen LogP contribution in [0.3, 0.4) is 0 Å². The van der Waals surface area contributed by atoms with Gasteiger partial charge in [-0.05, 0) is 19.1 Å². The molecule has 6 heteroatoms. The molecule has 1 unspecified atom stereocenters. The second kappa shape index (κ2) is 5.14. The van der Waals surface area contributed by atoms with E-state index in [1.807, 2.05) is 31.1 Å². The van der Waals surface area contributed by atoms with E-state index in [0.717, 1.165) is 36.4 Å². The number of hydrogen-bond acceptors (Lipinski definition) is 5. The highest BCUT2D eigenvalue weighted by molar-refractivity contribution is 6.31. The lowest BCUT2D eigenvalue weighted by Gasteiger charge is -2.32. The topological polar surface area (TPSA) is 44.5 Å². The number of benzene rings is 1. The highest BCUT2D eigenvalue weighted by atomic mass is 35.5. The van der Waals surface area contributed by atoms with Crippen molar-refractivity contribution in [3.8, 4) is 0 Å². The molecule has 20 heavy (non-hydrogen) atoms. The molecule has 1 aromatic carbocycles. The maximum atomic E-state index is 6.16. The molecule has 1 aliphatic heterocycles. The number of rotatable bonds is 2. The van der Waals surface area contributed by atoms with Gasteiger partial charge in [0.25, 0.3) is 6.01 Å². The summed E-state index contributed by atoms with van der Waals surface area (Å²) in [6.07, 6.45) is 0. The molecule has 0 radical (unpaired) electrons. The fourth-order valence-corrected chi connectivity index (χ4v) is 2.76. The Labute approximate surface area is 123 Å². The first-order chi connectivity index (χ1) is 9.56. The van der Waals surface area contributed by atoms with Crippen LogP contribution in [0.2, 0.25) is 5.02 Å². The minimum Gasteiger partial charge on any atom is -0.421 e. The van der Waals surface area contributed by atoms with Crippen molar-refractivity contribution in [2.45, 2.75) is 13.0 Å². The Hall–Kier alpha value is -1.46. The molecule has 1 saturated heterocycles. The number of nitrogens with one attached hydrogen (secondary N) is 1. The summed E-state index contributed by atoms with van der Waals surface area (Å²) in [7, 11) is 3.95. The lowest BCUT2D eigenvalue weighted by Crippen LogP contribution is -2.50. The standard InChI is InChI=1S/C14H19ClN4O/c1-9-8-16-4-5-19(9)14-17-11-6-10(15)7-12(18(2)3)13(11)20-14/h6-7,9,16H,4-5,8H2,1-3H3. The Morgan fingerprint density at radius 2 is 2.25 bits per heavy atom. The van der Waals surface area contributed by atoms with Gasteiger partial charge in [-0.3, -0.25) is 0 Å². The minimum atomic E-state index is 0.370. The van der Waals surface area contributed by atoms with Crippen LogP contribution in [0.25, 0.3) is 11.1 Å². The molecular weight excluding hydrogens is 276 g/mol. The third kappa shape index (κ3) is 2.31. The molecule has 2 heterocycles. The fraction of sp³-hybridized carbons (Fsp3) is 0.500. The van der Waals surface area contributed by atoms with Gasteiger partial charge in [-0.1, -0.05) is 11.6 Å². The van der Waals surface area contributed by atoms with Crippen LogP contribution < -0.4 is 15.1 Å². The van der Waals surface area contributed by atoms with E-state index in [-0.39, 0.29) is 0 Å². The average molecular weight is 295 g/mol. The van der Waals surface area contributed by atoms with Crippen LogP contribution in [0, 0.1) is 0 Å². The van der Waals surface area contributed by atoms with Crippen LogP contribution in [0.4, 0.5) is 11.7 Å². The van der Waals surface area contributed by atoms with Gasteiger partial charge in [0.15, 0.2) is 5.58 Å². The molecule has 1 fully saturated rings. The van der Waals surface area contributed by atoms with E-state index in [1.165, 1.54) is 0 Å². The zero-order valence-electron chi connectivity index (χ0n) is 12.0. The van der Waals surface area contributed by atoms with Crippen molar-refractivity contribution in [2.75, 3.05) is 43.5 Å². The van der Waals surface area contributed by atoms with Crippen molar-refractivity contribution < 1.29 is 4.42 Å². The van der Waals surface area contributed by atoms with Crippen LogP contribution in [-0.4, -0.2) is 44.8 Å². The van der Waals surface area contributed by atoms with E-state index in [0.29, 0.717) is 17.1 Å². The van der Waals surface area contributed by atoms with E-state index in [2.05, 4.69) is 22.1 Å². The van der Waals surface area contributed by atoms with Gasteiger partial charge in [0, 0.05) is 44.8 Å². The van der Waals surface area contributed by atoms with Crippen molar-refractivity contribution in [3.05, 3.63) is 17.2 Å². The Bertz CT molecular complexity index is 625. The van der Waals surface area contributed by atoms with Crippen molar-refractivity contribution >= 4 is 34.4 Å². The lowest BCUT2D eigenvalue weighted by atomic mass is 10.2. The van der Waals surface area contributed by atoms with E-state index in [9.17, 15) is 0 Å². The number of halogens is 1. The van der Waals surface area contributed by atoms with Crippen molar-refractivity contribution in [1.29, 1.82) is 0 Å². The number of fused-ring (bicyclic) bond motifs is 1. The third-order valence-corrected chi connectivity index (χ3v) is 3.87. The molecular formula is C14H19ClN4O. The lowest BCUT2D eigenvalue weighted by molar-refractivity contribution is 0.456. The van der Waals surface area contributed by atoms with Gasteiger partial charge in [0.2, 0.25) is 0 Å². The number of hydrogen-bond donors (Lipinski definition) is 1. The number of piperazine rings is 1. The number of anilines is 2. The minimum absolute atomic E-state index is 0.370. The van der Waals surface area contributed by atoms with Crippen LogP contribution in [0.1, 0.15) is 6.92 Å². The van der Waals surface area contributed by atoms with Gasteiger partial charge in [0.1, 0.15) is 5.52 Å². The van der Waals surface area contributed by atoms with E-state index in [4.69, 9.17) is 16.0 Å². The molecule has 0 amide bonds.